The van der Waals surface area contributed by atoms with Crippen molar-refractivity contribution in [1.29, 1.82) is 0 Å². The van der Waals surface area contributed by atoms with Gasteiger partial charge in [0.25, 0.3) is 0 Å². The van der Waals surface area contributed by atoms with Crippen molar-refractivity contribution in [2.24, 2.45) is 0 Å². The van der Waals surface area contributed by atoms with Gasteiger partial charge in [0.15, 0.2) is 4.83 Å². The van der Waals surface area contributed by atoms with E-state index in [2.05, 4.69) is 52.4 Å². The van der Waals surface area contributed by atoms with Crippen molar-refractivity contribution in [1.82, 2.24) is 0 Å². The molecule has 0 aromatic heterocycles. The Morgan fingerprint density at radius 2 is 1.67 bits per heavy atom. The quantitative estimate of drug-likeness (QED) is 0.512. The molecule has 0 bridgehead atoms. The standard InChI is InChI=1S/CH5Br3Si2/c1-6(3,4)5-2/h5H2,1H3. The van der Waals surface area contributed by atoms with E-state index in [9.17, 15) is 0 Å². The Bertz CT molecular complexity index is 38.5. The minimum Gasteiger partial charge on any atom is -0.137 e. The number of halogens is 3. The molecule has 0 saturated carbocycles. The molecule has 0 aliphatic heterocycles. The topological polar surface area (TPSA) is 0 Å². The lowest BCUT2D eigenvalue weighted by molar-refractivity contribution is 2.34. The van der Waals surface area contributed by atoms with Gasteiger partial charge < -0.3 is 0 Å². The van der Waals surface area contributed by atoms with Crippen molar-refractivity contribution in [3.8, 4) is 0 Å². The molecule has 0 aliphatic carbocycles. The largest absolute Gasteiger partial charge is 0.193 e. The molecule has 0 aromatic rings. The molecule has 0 atom stereocenters. The van der Waals surface area contributed by atoms with Gasteiger partial charge in [-0.2, -0.15) is 0 Å². The molecule has 0 heterocycles. The number of hydrogen-bond acceptors (Lipinski definition) is 0. The second kappa shape index (κ2) is 3.01. The summed E-state index contributed by atoms with van der Waals surface area (Å²) in [5.74, 6) is 0. The zero-order valence-corrected chi connectivity index (χ0v) is 10.5. The second-order valence-electron chi connectivity index (χ2n) is 1.20. The van der Waals surface area contributed by atoms with Gasteiger partial charge >= 0.3 is 0 Å². The van der Waals surface area contributed by atoms with E-state index in [-0.39, 0.29) is 7.66 Å². The first-order valence-electron chi connectivity index (χ1n) is 1.50. The third-order valence-electron chi connectivity index (χ3n) is 0.235. The molecule has 0 radical (unpaired) electrons. The smallest absolute Gasteiger partial charge is 0.137 e. The molecule has 0 amide bonds. The van der Waals surface area contributed by atoms with Gasteiger partial charge in [-0.3, -0.25) is 0 Å². The van der Waals surface area contributed by atoms with Gasteiger partial charge in [0, 0.05) is 0 Å². The highest BCUT2D eigenvalue weighted by molar-refractivity contribution is 9.55. The lowest BCUT2D eigenvalue weighted by atomic mass is 11.9. The van der Waals surface area contributed by atoms with Crippen LogP contribution in [0.4, 0.5) is 0 Å². The van der Waals surface area contributed by atoms with Gasteiger partial charge in [-0.25, -0.2) is 0 Å². The average Bonchev–Trinajstić information content (AvgIpc) is 1.35. The van der Waals surface area contributed by atoms with Crippen molar-refractivity contribution < 1.29 is 0 Å². The summed E-state index contributed by atoms with van der Waals surface area (Å²) < 4.78 is 0. The maximum Gasteiger partial charge on any atom is 0.193 e. The van der Waals surface area contributed by atoms with E-state index in [1.165, 1.54) is 0 Å². The zero-order valence-electron chi connectivity index (χ0n) is 3.34. The fourth-order valence-corrected chi connectivity index (χ4v) is 0. The monoisotopic (exact) mass is 310 g/mol. The molecule has 5 heteroatoms. The highest BCUT2D eigenvalue weighted by Crippen LogP contribution is 2.18. The van der Waals surface area contributed by atoms with E-state index in [0.29, 0.717) is 0 Å². The molecule has 0 rings (SSSR count). The van der Waals surface area contributed by atoms with E-state index >= 15 is 0 Å². The molecular formula is CH5Br3Si2. The summed E-state index contributed by atoms with van der Waals surface area (Å²) in [4.78, 5) is -0.951. The van der Waals surface area contributed by atoms with Gasteiger partial charge in [0.2, 0.25) is 0 Å². The molecule has 0 nitrogen and oxygen atoms in total. The first kappa shape index (κ1) is 7.87. The van der Waals surface area contributed by atoms with Gasteiger partial charge in [-0.15, -0.1) is 45.9 Å². The van der Waals surface area contributed by atoms with E-state index in [4.69, 9.17) is 0 Å². The fourth-order valence-electron chi connectivity index (χ4n) is 0. The molecular weight excluding hydrogens is 308 g/mol. The Labute approximate surface area is 64.4 Å². The normalized spacial score (nSPS) is 14.0. The Hall–Kier alpha value is 1.87. The van der Waals surface area contributed by atoms with Crippen LogP contribution < -0.4 is 0 Å². The number of rotatable bonds is 1. The Balaban J connectivity index is 3.17. The van der Waals surface area contributed by atoms with Crippen LogP contribution in [0.1, 0.15) is 0 Å². The van der Waals surface area contributed by atoms with Crippen molar-refractivity contribution in [2.45, 2.75) is 6.55 Å². The van der Waals surface area contributed by atoms with E-state index < -0.39 is 4.83 Å². The molecule has 0 N–H and O–H groups in total. The minimum absolute atomic E-state index is 0.0370. The predicted molar refractivity (Wildman–Crippen MR) is 46.9 cm³/mol. The van der Waals surface area contributed by atoms with Crippen LogP contribution in [-0.4, -0.2) is 12.5 Å². The third kappa shape index (κ3) is 5.87. The summed E-state index contributed by atoms with van der Waals surface area (Å²) in [6.07, 6.45) is 0. The van der Waals surface area contributed by atoms with Gasteiger partial charge in [-0.1, -0.05) is 6.55 Å². The van der Waals surface area contributed by atoms with Crippen LogP contribution in [0, 0.1) is 0 Å². The van der Waals surface area contributed by atoms with Crippen LogP contribution in [0.25, 0.3) is 0 Å². The lowest BCUT2D eigenvalue weighted by Crippen LogP contribution is -2.16. The second-order valence-corrected chi connectivity index (χ2v) is 33.6. The van der Waals surface area contributed by atoms with E-state index in [1.807, 2.05) is 0 Å². The minimum atomic E-state index is -0.951. The first-order valence-corrected chi connectivity index (χ1v) is 14.7. The fraction of sp³-hybridized carbons (Fsp3) is 1.00. The molecule has 38 valence electrons. The third-order valence-corrected chi connectivity index (χ3v) is 30.8. The van der Waals surface area contributed by atoms with Crippen molar-refractivity contribution in [2.75, 3.05) is 0 Å². The van der Waals surface area contributed by atoms with Crippen LogP contribution >= 0.6 is 45.9 Å². The molecule has 0 aliphatic rings. The molecule has 0 fully saturated rings. The molecule has 0 saturated heterocycles. The Morgan fingerprint density at radius 3 is 1.67 bits per heavy atom. The summed E-state index contributed by atoms with van der Waals surface area (Å²) in [5.41, 5.74) is 0. The number of hydrogen-bond donors (Lipinski definition) is 0. The lowest BCUT2D eigenvalue weighted by Gasteiger charge is -2.00. The highest BCUT2D eigenvalue weighted by Gasteiger charge is 2.16. The van der Waals surface area contributed by atoms with E-state index in [0.717, 1.165) is 0 Å². The summed E-state index contributed by atoms with van der Waals surface area (Å²) in [7, 11) is 0.0370. The van der Waals surface area contributed by atoms with Crippen LogP contribution in [0.15, 0.2) is 0 Å². The van der Waals surface area contributed by atoms with Crippen LogP contribution in [-0.2, 0) is 0 Å². The van der Waals surface area contributed by atoms with Gasteiger partial charge in [0.1, 0.15) is 7.66 Å². The predicted octanol–water partition coefficient (Wildman–Crippen LogP) is 1.82. The molecule has 0 spiro atoms. The summed E-state index contributed by atoms with van der Waals surface area (Å²) in [6, 6.07) is 0. The van der Waals surface area contributed by atoms with Crippen molar-refractivity contribution in [3.63, 3.8) is 0 Å². The Kier molecular flexibility index (Phi) is 3.95. The summed E-state index contributed by atoms with van der Waals surface area (Å²) in [5, 5.41) is 0. The maximum atomic E-state index is 3.55. The summed E-state index contributed by atoms with van der Waals surface area (Å²) in [6.45, 7) is 2.23. The molecule has 6 heavy (non-hydrogen) atoms. The summed E-state index contributed by atoms with van der Waals surface area (Å²) >= 11 is 10.6. The van der Waals surface area contributed by atoms with Crippen LogP contribution in [0.5, 0.6) is 0 Å². The van der Waals surface area contributed by atoms with Crippen molar-refractivity contribution >= 4 is 58.4 Å². The average molecular weight is 313 g/mol. The van der Waals surface area contributed by atoms with Crippen LogP contribution in [0.2, 0.25) is 6.55 Å². The van der Waals surface area contributed by atoms with Crippen LogP contribution in [0.3, 0.4) is 0 Å². The van der Waals surface area contributed by atoms with Gasteiger partial charge in [0.05, 0.1) is 0 Å². The van der Waals surface area contributed by atoms with E-state index in [1.54, 1.807) is 0 Å². The van der Waals surface area contributed by atoms with Crippen molar-refractivity contribution in [3.05, 3.63) is 0 Å². The Morgan fingerprint density at radius 1 is 1.50 bits per heavy atom. The molecule has 0 aromatic carbocycles. The maximum absolute atomic E-state index is 3.55. The highest BCUT2D eigenvalue weighted by atomic mass is 79.9. The zero-order chi connectivity index (χ0) is 5.21. The van der Waals surface area contributed by atoms with Gasteiger partial charge in [-0.05, 0) is 0 Å². The molecule has 0 unspecified atom stereocenters. The first-order chi connectivity index (χ1) is 2.56. The SMILES string of the molecule is C[Si](Br)(Br)[SiH2]Br.